The second-order valence-corrected chi connectivity index (χ2v) is 6.04. The highest BCUT2D eigenvalue weighted by molar-refractivity contribution is 8.01. The molecule has 0 aliphatic heterocycles. The van der Waals surface area contributed by atoms with E-state index in [-0.39, 0.29) is 30.7 Å². The third-order valence-electron chi connectivity index (χ3n) is 2.45. The average Bonchev–Trinajstić information content (AvgIpc) is 2.34. The number of hydrogen-bond acceptors (Lipinski definition) is 3. The Morgan fingerprint density at radius 2 is 1.85 bits per heavy atom. The predicted molar refractivity (Wildman–Crippen MR) is 73.1 cm³/mol. The average molecular weight is 306 g/mol. The molecule has 20 heavy (non-hydrogen) atoms. The highest BCUT2D eigenvalue weighted by Gasteiger charge is 2.37. The fourth-order valence-electron chi connectivity index (χ4n) is 1.60. The van der Waals surface area contributed by atoms with Crippen molar-refractivity contribution in [2.75, 3.05) is 0 Å². The van der Waals surface area contributed by atoms with E-state index in [9.17, 15) is 18.0 Å². The number of benzene rings is 1. The number of hydrogen-bond donors (Lipinski definition) is 0. The lowest BCUT2D eigenvalue weighted by Gasteiger charge is -2.18. The van der Waals surface area contributed by atoms with E-state index < -0.39 is 16.7 Å². The Labute approximate surface area is 120 Å². The Balaban J connectivity index is 2.58. The third kappa shape index (κ3) is 6.84. The summed E-state index contributed by atoms with van der Waals surface area (Å²) in [6.07, 6.45) is 0.137. The summed E-state index contributed by atoms with van der Waals surface area (Å²) in [5, 5.41) is -1.21. The van der Waals surface area contributed by atoms with Gasteiger partial charge in [0.05, 0.1) is 0 Å². The molecule has 0 heterocycles. The van der Waals surface area contributed by atoms with Gasteiger partial charge in [-0.2, -0.15) is 13.2 Å². The molecule has 6 heteroatoms. The summed E-state index contributed by atoms with van der Waals surface area (Å²) >= 11 is -0.301. The summed E-state index contributed by atoms with van der Waals surface area (Å²) in [5.41, 5.74) is -3.69. The molecular formula is C14H17F3O2S. The van der Waals surface area contributed by atoms with E-state index in [1.807, 2.05) is 6.07 Å². The van der Waals surface area contributed by atoms with Crippen LogP contribution in [-0.2, 0) is 16.1 Å². The zero-order valence-corrected chi connectivity index (χ0v) is 12.1. The summed E-state index contributed by atoms with van der Waals surface area (Å²) in [5.74, 6) is -0.830. The fraction of sp³-hybridized carbons (Fsp3) is 0.500. The lowest BCUT2D eigenvalue weighted by atomic mass is 10.1. The molecule has 0 saturated carbocycles. The first kappa shape index (κ1) is 16.9. The van der Waals surface area contributed by atoms with Crippen molar-refractivity contribution in [3.05, 3.63) is 35.9 Å². The number of ether oxygens (including phenoxy) is 1. The van der Waals surface area contributed by atoms with Gasteiger partial charge in [-0.1, -0.05) is 44.2 Å². The van der Waals surface area contributed by atoms with E-state index in [2.05, 4.69) is 0 Å². The highest BCUT2D eigenvalue weighted by atomic mass is 32.2. The number of alkyl halides is 3. The number of carbonyl (C=O) groups is 1. The van der Waals surface area contributed by atoms with E-state index >= 15 is 0 Å². The Morgan fingerprint density at radius 1 is 1.25 bits per heavy atom. The Morgan fingerprint density at radius 3 is 2.35 bits per heavy atom. The van der Waals surface area contributed by atoms with Gasteiger partial charge in [0.15, 0.2) is 0 Å². The monoisotopic (exact) mass is 306 g/mol. The molecular weight excluding hydrogens is 289 g/mol. The largest absolute Gasteiger partial charge is 0.460 e. The summed E-state index contributed by atoms with van der Waals surface area (Å²) in [7, 11) is 0. The van der Waals surface area contributed by atoms with E-state index in [0.29, 0.717) is 0 Å². The summed E-state index contributed by atoms with van der Waals surface area (Å²) < 4.78 is 42.3. The minimum Gasteiger partial charge on any atom is -0.460 e. The van der Waals surface area contributed by atoms with Crippen LogP contribution >= 0.6 is 11.8 Å². The van der Waals surface area contributed by atoms with E-state index in [1.165, 1.54) is 0 Å². The summed E-state index contributed by atoms with van der Waals surface area (Å²) in [4.78, 5) is 11.8. The lowest BCUT2D eigenvalue weighted by Crippen LogP contribution is -2.25. The molecule has 1 aromatic rings. The molecule has 1 unspecified atom stereocenters. The van der Waals surface area contributed by atoms with Crippen LogP contribution in [0.1, 0.15) is 25.8 Å². The minimum absolute atomic E-state index is 0.00726. The molecule has 0 aliphatic carbocycles. The lowest BCUT2D eigenvalue weighted by molar-refractivity contribution is -0.145. The van der Waals surface area contributed by atoms with Crippen molar-refractivity contribution in [3.8, 4) is 0 Å². The molecule has 112 valence electrons. The van der Waals surface area contributed by atoms with Crippen molar-refractivity contribution >= 4 is 17.7 Å². The van der Waals surface area contributed by atoms with Crippen LogP contribution in [-0.4, -0.2) is 16.7 Å². The molecule has 2 nitrogen and oxygen atoms in total. The van der Waals surface area contributed by atoms with Crippen LogP contribution in [0.5, 0.6) is 0 Å². The van der Waals surface area contributed by atoms with Crippen molar-refractivity contribution in [2.45, 2.75) is 37.6 Å². The number of esters is 1. The van der Waals surface area contributed by atoms with Gasteiger partial charge in [-0.15, -0.1) is 0 Å². The molecule has 0 spiro atoms. The maximum Gasteiger partial charge on any atom is 0.442 e. The highest BCUT2D eigenvalue weighted by Crippen LogP contribution is 2.37. The molecule has 1 aromatic carbocycles. The molecule has 1 rings (SSSR count). The van der Waals surface area contributed by atoms with Crippen LogP contribution in [0.15, 0.2) is 30.3 Å². The van der Waals surface area contributed by atoms with Crippen molar-refractivity contribution in [2.24, 2.45) is 5.92 Å². The van der Waals surface area contributed by atoms with Crippen molar-refractivity contribution in [1.29, 1.82) is 0 Å². The number of thioether (sulfide) groups is 1. The Bertz CT molecular complexity index is 418. The Hall–Kier alpha value is -1.17. The SMILES string of the molecule is CC(C)CC(SC(F)(F)F)C(=O)OCc1ccccc1. The summed E-state index contributed by atoms with van der Waals surface area (Å²) in [6.45, 7) is 3.54. The molecule has 0 saturated heterocycles. The summed E-state index contributed by atoms with van der Waals surface area (Å²) in [6, 6.07) is 8.87. The predicted octanol–water partition coefficient (Wildman–Crippen LogP) is 4.40. The third-order valence-corrected chi connectivity index (χ3v) is 3.38. The van der Waals surface area contributed by atoms with Gasteiger partial charge in [0.25, 0.3) is 0 Å². The van der Waals surface area contributed by atoms with Gasteiger partial charge in [0.2, 0.25) is 0 Å². The zero-order valence-electron chi connectivity index (χ0n) is 11.3. The molecule has 0 radical (unpaired) electrons. The quantitative estimate of drug-likeness (QED) is 0.729. The van der Waals surface area contributed by atoms with Gasteiger partial charge in [0.1, 0.15) is 11.9 Å². The first-order chi connectivity index (χ1) is 9.28. The second-order valence-electron chi connectivity index (χ2n) is 4.78. The molecule has 0 amide bonds. The van der Waals surface area contributed by atoms with E-state index in [1.54, 1.807) is 38.1 Å². The maximum absolute atomic E-state index is 12.4. The number of rotatable bonds is 6. The number of halogens is 3. The van der Waals surface area contributed by atoms with Gasteiger partial charge in [-0.25, -0.2) is 0 Å². The topological polar surface area (TPSA) is 26.3 Å². The second kappa shape index (κ2) is 7.57. The Kier molecular flexibility index (Phi) is 6.39. The van der Waals surface area contributed by atoms with Crippen LogP contribution < -0.4 is 0 Å². The van der Waals surface area contributed by atoms with Gasteiger partial charge >= 0.3 is 11.5 Å². The van der Waals surface area contributed by atoms with Crippen molar-refractivity contribution in [3.63, 3.8) is 0 Å². The van der Waals surface area contributed by atoms with Crippen LogP contribution in [0, 0.1) is 5.92 Å². The molecule has 0 fully saturated rings. The maximum atomic E-state index is 12.4. The fourth-order valence-corrected chi connectivity index (χ4v) is 2.57. The van der Waals surface area contributed by atoms with Crippen LogP contribution in [0.4, 0.5) is 13.2 Å². The smallest absolute Gasteiger partial charge is 0.442 e. The number of carbonyl (C=O) groups excluding carboxylic acids is 1. The van der Waals surface area contributed by atoms with Crippen LogP contribution in [0.3, 0.4) is 0 Å². The van der Waals surface area contributed by atoms with E-state index in [0.717, 1.165) is 5.56 Å². The molecule has 0 bridgehead atoms. The van der Waals surface area contributed by atoms with Gasteiger partial charge in [-0.3, -0.25) is 4.79 Å². The molecule has 0 aliphatic rings. The minimum atomic E-state index is -4.44. The molecule has 0 N–H and O–H groups in total. The molecule has 0 aromatic heterocycles. The van der Waals surface area contributed by atoms with Crippen molar-refractivity contribution < 1.29 is 22.7 Å². The normalized spacial score (nSPS) is 13.3. The standard InChI is InChI=1S/C14H17F3O2S/c1-10(2)8-12(20-14(15,16)17)13(18)19-9-11-6-4-3-5-7-11/h3-7,10,12H,8-9H2,1-2H3. The first-order valence-electron chi connectivity index (χ1n) is 6.23. The van der Waals surface area contributed by atoms with Gasteiger partial charge < -0.3 is 4.74 Å². The first-order valence-corrected chi connectivity index (χ1v) is 7.11. The van der Waals surface area contributed by atoms with Gasteiger partial charge in [-0.05, 0) is 29.7 Å². The van der Waals surface area contributed by atoms with Crippen LogP contribution in [0.25, 0.3) is 0 Å². The van der Waals surface area contributed by atoms with E-state index in [4.69, 9.17) is 4.74 Å². The molecule has 1 atom stereocenters. The van der Waals surface area contributed by atoms with Crippen LogP contribution in [0.2, 0.25) is 0 Å². The van der Waals surface area contributed by atoms with Gasteiger partial charge in [0, 0.05) is 0 Å². The zero-order chi connectivity index (χ0) is 15.2. The van der Waals surface area contributed by atoms with Crippen molar-refractivity contribution in [1.82, 2.24) is 0 Å².